The Morgan fingerprint density at radius 2 is 2.05 bits per heavy atom. The van der Waals surface area contributed by atoms with Crippen molar-refractivity contribution in [3.05, 3.63) is 64.7 Å². The Balaban J connectivity index is 1.77. The molecular weight excluding hydrogens is 300 g/mol. The van der Waals surface area contributed by atoms with Crippen molar-refractivity contribution in [2.45, 2.75) is 13.3 Å². The summed E-state index contributed by atoms with van der Waals surface area (Å²) >= 11 is 5.84. The van der Waals surface area contributed by atoms with Gasteiger partial charge in [0.1, 0.15) is 0 Å². The number of benzene rings is 2. The van der Waals surface area contributed by atoms with Crippen LogP contribution in [0.25, 0.3) is 0 Å². The van der Waals surface area contributed by atoms with Gasteiger partial charge in [0, 0.05) is 10.7 Å². The highest BCUT2D eigenvalue weighted by molar-refractivity contribution is 6.30. The van der Waals surface area contributed by atoms with Crippen LogP contribution in [0.3, 0.4) is 0 Å². The lowest BCUT2D eigenvalue weighted by molar-refractivity contribution is -0.120. The summed E-state index contributed by atoms with van der Waals surface area (Å²) in [6, 6.07) is 14.9. The van der Waals surface area contributed by atoms with E-state index in [-0.39, 0.29) is 12.5 Å². The van der Waals surface area contributed by atoms with Gasteiger partial charge < -0.3 is 10.2 Å². The Bertz CT molecular complexity index is 654. The molecule has 0 bridgehead atoms. The number of rotatable bonds is 6. The van der Waals surface area contributed by atoms with E-state index in [2.05, 4.69) is 17.4 Å². The maximum atomic E-state index is 11.7. The molecule has 2 rings (SSSR count). The second kappa shape index (κ2) is 8.20. The van der Waals surface area contributed by atoms with Gasteiger partial charge in [0.05, 0.1) is 6.21 Å². The molecule has 22 heavy (non-hydrogen) atoms. The smallest absolute Gasteiger partial charge is 0.265 e. The zero-order valence-electron chi connectivity index (χ0n) is 12.3. The maximum Gasteiger partial charge on any atom is 0.265 e. The van der Waals surface area contributed by atoms with E-state index in [1.165, 1.54) is 5.56 Å². The fraction of sp³-hybridized carbons (Fsp3) is 0.176. The summed E-state index contributed by atoms with van der Waals surface area (Å²) in [6.45, 7) is 1.95. The fourth-order valence-electron chi connectivity index (χ4n) is 1.80. The van der Waals surface area contributed by atoms with E-state index >= 15 is 0 Å². The highest BCUT2D eigenvalue weighted by Gasteiger charge is 2.02. The summed E-state index contributed by atoms with van der Waals surface area (Å²) in [5.74, 6) is -0.291. The van der Waals surface area contributed by atoms with Crippen molar-refractivity contribution in [3.8, 4) is 0 Å². The summed E-state index contributed by atoms with van der Waals surface area (Å²) < 4.78 is 0. The van der Waals surface area contributed by atoms with Crippen LogP contribution in [0.2, 0.25) is 5.02 Å². The molecule has 1 N–H and O–H groups in total. The molecule has 0 spiro atoms. The van der Waals surface area contributed by atoms with E-state index < -0.39 is 0 Å². The van der Waals surface area contributed by atoms with E-state index in [9.17, 15) is 4.79 Å². The van der Waals surface area contributed by atoms with Crippen LogP contribution in [0.5, 0.6) is 0 Å². The van der Waals surface area contributed by atoms with Crippen LogP contribution >= 0.6 is 11.6 Å². The molecule has 0 aliphatic rings. The van der Waals surface area contributed by atoms with Crippen LogP contribution in [0.15, 0.2) is 53.7 Å². The average molecular weight is 317 g/mol. The summed E-state index contributed by atoms with van der Waals surface area (Å²) in [5.41, 5.74) is 2.81. The van der Waals surface area contributed by atoms with Gasteiger partial charge in [0.15, 0.2) is 6.61 Å². The third kappa shape index (κ3) is 5.22. The first-order chi connectivity index (χ1) is 10.7. The molecule has 5 heteroatoms. The standard InChI is InChI=1S/C17H17ClN2O2/c1-2-13-6-8-14(9-7-13)11-19-22-12-17(21)20-16-5-3-4-15(18)10-16/h3-11H,2,12H2,1H3,(H,20,21)/b19-11-. The largest absolute Gasteiger partial charge is 0.386 e. The third-order valence-electron chi connectivity index (χ3n) is 2.97. The molecule has 1 amide bonds. The number of nitrogens with one attached hydrogen (secondary N) is 1. The molecule has 0 heterocycles. The van der Waals surface area contributed by atoms with Crippen molar-refractivity contribution < 1.29 is 9.63 Å². The zero-order chi connectivity index (χ0) is 15.8. The van der Waals surface area contributed by atoms with Crippen molar-refractivity contribution in [2.75, 3.05) is 11.9 Å². The normalized spacial score (nSPS) is 10.6. The van der Waals surface area contributed by atoms with E-state index in [0.717, 1.165) is 12.0 Å². The van der Waals surface area contributed by atoms with Crippen LogP contribution < -0.4 is 5.32 Å². The van der Waals surface area contributed by atoms with Gasteiger partial charge in [-0.25, -0.2) is 0 Å². The van der Waals surface area contributed by atoms with Gasteiger partial charge in [-0.1, -0.05) is 54.0 Å². The maximum absolute atomic E-state index is 11.7. The zero-order valence-corrected chi connectivity index (χ0v) is 13.0. The molecule has 0 fully saturated rings. The third-order valence-corrected chi connectivity index (χ3v) is 3.20. The van der Waals surface area contributed by atoms with Gasteiger partial charge in [-0.2, -0.15) is 0 Å². The van der Waals surface area contributed by atoms with E-state index in [1.807, 2.05) is 24.3 Å². The average Bonchev–Trinajstić information content (AvgIpc) is 2.52. The van der Waals surface area contributed by atoms with Crippen molar-refractivity contribution in [1.29, 1.82) is 0 Å². The highest BCUT2D eigenvalue weighted by Crippen LogP contribution is 2.14. The van der Waals surface area contributed by atoms with Crippen LogP contribution in [0, 0.1) is 0 Å². The Morgan fingerprint density at radius 1 is 1.27 bits per heavy atom. The van der Waals surface area contributed by atoms with E-state index in [4.69, 9.17) is 16.4 Å². The van der Waals surface area contributed by atoms with Gasteiger partial charge in [0.25, 0.3) is 5.91 Å². The molecule has 0 aromatic heterocycles. The molecule has 0 aliphatic heterocycles. The fourth-order valence-corrected chi connectivity index (χ4v) is 1.99. The number of carbonyl (C=O) groups excluding carboxylic acids is 1. The number of amides is 1. The Labute approximate surface area is 134 Å². The summed E-state index contributed by atoms with van der Waals surface area (Å²) in [4.78, 5) is 16.6. The molecule has 0 saturated carbocycles. The molecule has 114 valence electrons. The number of halogens is 1. The quantitative estimate of drug-likeness (QED) is 0.649. The summed E-state index contributed by atoms with van der Waals surface area (Å²) in [5, 5.41) is 7.02. The topological polar surface area (TPSA) is 50.7 Å². The lowest BCUT2D eigenvalue weighted by Crippen LogP contribution is -2.16. The first kappa shape index (κ1) is 16.0. The molecule has 4 nitrogen and oxygen atoms in total. The summed E-state index contributed by atoms with van der Waals surface area (Å²) in [6.07, 6.45) is 2.57. The van der Waals surface area contributed by atoms with Crippen molar-refractivity contribution in [2.24, 2.45) is 5.16 Å². The Hall–Kier alpha value is -2.33. The predicted molar refractivity (Wildman–Crippen MR) is 89.4 cm³/mol. The van der Waals surface area contributed by atoms with E-state index in [0.29, 0.717) is 10.7 Å². The first-order valence-electron chi connectivity index (χ1n) is 6.97. The van der Waals surface area contributed by atoms with Crippen LogP contribution in [0.1, 0.15) is 18.1 Å². The van der Waals surface area contributed by atoms with E-state index in [1.54, 1.807) is 30.5 Å². The molecule has 2 aromatic rings. The number of hydrogen-bond acceptors (Lipinski definition) is 3. The minimum Gasteiger partial charge on any atom is -0.386 e. The number of aryl methyl sites for hydroxylation is 1. The number of hydrogen-bond donors (Lipinski definition) is 1. The molecule has 2 aromatic carbocycles. The Kier molecular flexibility index (Phi) is 5.98. The van der Waals surface area contributed by atoms with Crippen LogP contribution in [-0.2, 0) is 16.1 Å². The molecule has 0 saturated heterocycles. The van der Waals surface area contributed by atoms with Gasteiger partial charge in [-0.3, -0.25) is 4.79 Å². The van der Waals surface area contributed by atoms with Crippen molar-refractivity contribution in [3.63, 3.8) is 0 Å². The summed E-state index contributed by atoms with van der Waals surface area (Å²) in [7, 11) is 0. The SMILES string of the molecule is CCc1ccc(/C=N\OCC(=O)Nc2cccc(Cl)c2)cc1. The minimum absolute atomic E-state index is 0.157. The lowest BCUT2D eigenvalue weighted by Gasteiger charge is -2.04. The highest BCUT2D eigenvalue weighted by atomic mass is 35.5. The molecular formula is C17H17ClN2O2. The van der Waals surface area contributed by atoms with Gasteiger partial charge in [-0.15, -0.1) is 0 Å². The number of carbonyl (C=O) groups is 1. The minimum atomic E-state index is -0.291. The number of nitrogens with zero attached hydrogens (tertiary/aromatic N) is 1. The van der Waals surface area contributed by atoms with Gasteiger partial charge in [0.2, 0.25) is 0 Å². The molecule has 0 unspecified atom stereocenters. The van der Waals surface area contributed by atoms with Crippen molar-refractivity contribution in [1.82, 2.24) is 0 Å². The van der Waals surface area contributed by atoms with Crippen molar-refractivity contribution >= 4 is 29.4 Å². The molecule has 0 aliphatic carbocycles. The molecule has 0 atom stereocenters. The number of oxime groups is 1. The van der Waals surface area contributed by atoms with Crippen LogP contribution in [0.4, 0.5) is 5.69 Å². The predicted octanol–water partition coefficient (Wildman–Crippen LogP) is 3.89. The number of anilines is 1. The lowest BCUT2D eigenvalue weighted by atomic mass is 10.1. The van der Waals surface area contributed by atoms with Crippen LogP contribution in [-0.4, -0.2) is 18.7 Å². The molecule has 0 radical (unpaired) electrons. The monoisotopic (exact) mass is 316 g/mol. The van der Waals surface area contributed by atoms with Gasteiger partial charge in [-0.05, 0) is 35.7 Å². The van der Waals surface area contributed by atoms with Gasteiger partial charge >= 0.3 is 0 Å². The second-order valence-electron chi connectivity index (χ2n) is 4.66. The first-order valence-corrected chi connectivity index (χ1v) is 7.35. The second-order valence-corrected chi connectivity index (χ2v) is 5.10. The Morgan fingerprint density at radius 3 is 2.73 bits per heavy atom.